The molecule has 5 heteroatoms. The van der Waals surface area contributed by atoms with Gasteiger partial charge >= 0.3 is 0 Å². The Balaban J connectivity index is 3.16. The Morgan fingerprint density at radius 1 is 1.62 bits per heavy atom. The maximum absolute atomic E-state index is 13.1. The Bertz CT molecular complexity index is 377. The number of benzene rings is 1. The first-order valence-corrected chi connectivity index (χ1v) is 4.50. The molecule has 0 aromatic heterocycles. The number of halogens is 3. The van der Waals surface area contributed by atoms with Crippen LogP contribution in [0, 0.1) is 5.82 Å². The van der Waals surface area contributed by atoms with Crippen LogP contribution in [0.25, 0.3) is 0 Å². The van der Waals surface area contributed by atoms with E-state index in [1.807, 2.05) is 0 Å². The molecule has 0 saturated heterocycles. The lowest BCUT2D eigenvalue weighted by atomic mass is 10.2. The molecule has 68 valence electrons. The van der Waals surface area contributed by atoms with Crippen molar-refractivity contribution in [1.29, 1.82) is 0 Å². The number of isocyanates is 1. The number of nitrogens with zero attached hydrogens (tertiary/aromatic N) is 1. The van der Waals surface area contributed by atoms with Gasteiger partial charge in [0.2, 0.25) is 6.08 Å². The van der Waals surface area contributed by atoms with Crippen LogP contribution in [0.5, 0.6) is 0 Å². The summed E-state index contributed by atoms with van der Waals surface area (Å²) >= 11 is 8.89. The van der Waals surface area contributed by atoms with Crippen molar-refractivity contribution < 1.29 is 9.18 Å². The molecule has 0 saturated carbocycles. The van der Waals surface area contributed by atoms with E-state index in [4.69, 9.17) is 11.6 Å². The fraction of sp³-hybridized carbons (Fsp3) is 0.125. The van der Waals surface area contributed by atoms with Gasteiger partial charge < -0.3 is 0 Å². The molecule has 0 bridgehead atoms. The normalized spacial score (nSPS) is 9.46. The summed E-state index contributed by atoms with van der Waals surface area (Å²) in [6.45, 7) is -0.0897. The molecule has 1 rings (SSSR count). The highest BCUT2D eigenvalue weighted by atomic mass is 79.9. The summed E-state index contributed by atoms with van der Waals surface area (Å²) in [5.41, 5.74) is 0.194. The molecule has 0 N–H and O–H groups in total. The van der Waals surface area contributed by atoms with Gasteiger partial charge in [0.15, 0.2) is 0 Å². The standard InChI is InChI=1S/C8H4BrClFNO/c9-6-1-2-7(11)5(8(6)10)3-12-4-13/h1-2H,3H2. The lowest BCUT2D eigenvalue weighted by molar-refractivity contribution is 0.561. The highest BCUT2D eigenvalue weighted by molar-refractivity contribution is 9.10. The molecule has 1 aromatic rings. The van der Waals surface area contributed by atoms with Crippen LogP contribution in [0.1, 0.15) is 5.56 Å². The van der Waals surface area contributed by atoms with Crippen LogP contribution in [-0.2, 0) is 11.3 Å². The van der Waals surface area contributed by atoms with E-state index in [1.54, 1.807) is 0 Å². The van der Waals surface area contributed by atoms with E-state index in [9.17, 15) is 9.18 Å². The van der Waals surface area contributed by atoms with Crippen LogP contribution < -0.4 is 0 Å². The van der Waals surface area contributed by atoms with E-state index in [1.165, 1.54) is 18.2 Å². The molecular weight excluding hydrogens is 260 g/mol. The van der Waals surface area contributed by atoms with Crippen molar-refractivity contribution in [1.82, 2.24) is 0 Å². The van der Waals surface area contributed by atoms with Crippen LogP contribution in [0.3, 0.4) is 0 Å². The minimum Gasteiger partial charge on any atom is -0.211 e. The fourth-order valence-electron chi connectivity index (χ4n) is 0.825. The van der Waals surface area contributed by atoms with Gasteiger partial charge in [-0.15, -0.1) is 0 Å². The molecular formula is C8H4BrClFNO. The molecule has 0 aliphatic carbocycles. The number of carbonyl (C=O) groups excluding carboxylic acids is 1. The maximum Gasteiger partial charge on any atom is 0.235 e. The molecule has 0 spiro atoms. The molecule has 0 fully saturated rings. The lowest BCUT2D eigenvalue weighted by Gasteiger charge is -2.03. The lowest BCUT2D eigenvalue weighted by Crippen LogP contribution is -1.90. The van der Waals surface area contributed by atoms with Crippen LogP contribution in [0.15, 0.2) is 21.6 Å². The molecule has 0 amide bonds. The zero-order chi connectivity index (χ0) is 9.84. The highest BCUT2D eigenvalue weighted by Crippen LogP contribution is 2.28. The predicted octanol–water partition coefficient (Wildman–Crippen LogP) is 3.08. The summed E-state index contributed by atoms with van der Waals surface area (Å²) in [6, 6.07) is 2.75. The van der Waals surface area contributed by atoms with Crippen LogP contribution in [0.2, 0.25) is 5.02 Å². The number of aliphatic imine (C=N–C) groups is 1. The molecule has 0 atom stereocenters. The summed E-state index contributed by atoms with van der Waals surface area (Å²) in [4.78, 5) is 13.1. The third-order valence-electron chi connectivity index (χ3n) is 1.44. The van der Waals surface area contributed by atoms with Gasteiger partial charge in [0.05, 0.1) is 11.6 Å². The average Bonchev–Trinajstić information content (AvgIpc) is 2.12. The van der Waals surface area contributed by atoms with E-state index < -0.39 is 5.82 Å². The summed E-state index contributed by atoms with van der Waals surface area (Å²) in [6.07, 6.45) is 1.32. The van der Waals surface area contributed by atoms with Gasteiger partial charge in [-0.25, -0.2) is 14.2 Å². The molecule has 0 aliphatic heterocycles. The Morgan fingerprint density at radius 2 is 2.31 bits per heavy atom. The van der Waals surface area contributed by atoms with E-state index in [-0.39, 0.29) is 17.1 Å². The number of hydrogen-bond donors (Lipinski definition) is 0. The van der Waals surface area contributed by atoms with E-state index in [0.717, 1.165) is 0 Å². The highest BCUT2D eigenvalue weighted by Gasteiger charge is 2.09. The topological polar surface area (TPSA) is 29.4 Å². The molecule has 13 heavy (non-hydrogen) atoms. The molecule has 0 aliphatic rings. The first kappa shape index (κ1) is 10.4. The molecule has 0 radical (unpaired) electrons. The van der Waals surface area contributed by atoms with Crippen molar-refractivity contribution in [3.63, 3.8) is 0 Å². The van der Waals surface area contributed by atoms with Gasteiger partial charge in [0.1, 0.15) is 5.82 Å². The van der Waals surface area contributed by atoms with Gasteiger partial charge in [-0.05, 0) is 28.1 Å². The quantitative estimate of drug-likeness (QED) is 0.458. The van der Waals surface area contributed by atoms with Crippen LogP contribution in [-0.4, -0.2) is 6.08 Å². The van der Waals surface area contributed by atoms with Gasteiger partial charge in [-0.3, -0.25) is 0 Å². The zero-order valence-electron chi connectivity index (χ0n) is 6.35. The Hall–Kier alpha value is -0.700. The monoisotopic (exact) mass is 263 g/mol. The second kappa shape index (κ2) is 4.51. The first-order chi connectivity index (χ1) is 6.16. The van der Waals surface area contributed by atoms with Gasteiger partial charge in [-0.2, -0.15) is 0 Å². The van der Waals surface area contributed by atoms with E-state index >= 15 is 0 Å². The van der Waals surface area contributed by atoms with Crippen molar-refractivity contribution in [2.24, 2.45) is 4.99 Å². The Kier molecular flexibility index (Phi) is 3.60. The minimum absolute atomic E-state index is 0.0897. The van der Waals surface area contributed by atoms with Gasteiger partial charge in [-0.1, -0.05) is 11.6 Å². The second-order valence-electron chi connectivity index (χ2n) is 2.23. The van der Waals surface area contributed by atoms with Crippen LogP contribution in [0.4, 0.5) is 4.39 Å². The summed E-state index contributed by atoms with van der Waals surface area (Å²) in [5, 5.41) is 0.235. The maximum atomic E-state index is 13.1. The molecule has 1 aromatic carbocycles. The molecule has 2 nitrogen and oxygen atoms in total. The van der Waals surface area contributed by atoms with Crippen LogP contribution >= 0.6 is 27.5 Å². The van der Waals surface area contributed by atoms with Crippen molar-refractivity contribution in [3.8, 4) is 0 Å². The van der Waals surface area contributed by atoms with Gasteiger partial charge in [0, 0.05) is 10.0 Å². The zero-order valence-corrected chi connectivity index (χ0v) is 8.69. The fourth-order valence-corrected chi connectivity index (χ4v) is 1.41. The SMILES string of the molecule is O=C=NCc1c(F)ccc(Br)c1Cl. The summed E-state index contributed by atoms with van der Waals surface area (Å²) < 4.78 is 13.6. The number of hydrogen-bond acceptors (Lipinski definition) is 2. The Morgan fingerprint density at radius 3 is 2.92 bits per heavy atom. The average molecular weight is 264 g/mol. The minimum atomic E-state index is -0.479. The second-order valence-corrected chi connectivity index (χ2v) is 3.46. The summed E-state index contributed by atoms with van der Waals surface area (Å²) in [5.74, 6) is -0.479. The van der Waals surface area contributed by atoms with E-state index in [0.29, 0.717) is 4.47 Å². The van der Waals surface area contributed by atoms with Gasteiger partial charge in [0.25, 0.3) is 0 Å². The smallest absolute Gasteiger partial charge is 0.211 e. The third-order valence-corrected chi connectivity index (χ3v) is 2.76. The number of rotatable bonds is 2. The summed E-state index contributed by atoms with van der Waals surface area (Å²) in [7, 11) is 0. The Labute approximate surface area is 87.6 Å². The van der Waals surface area contributed by atoms with Crippen molar-refractivity contribution in [2.75, 3.05) is 0 Å². The molecule has 0 heterocycles. The van der Waals surface area contributed by atoms with Crippen molar-refractivity contribution in [3.05, 3.63) is 33.0 Å². The molecule has 0 unspecified atom stereocenters. The van der Waals surface area contributed by atoms with E-state index in [2.05, 4.69) is 20.9 Å². The third kappa shape index (κ3) is 2.37. The first-order valence-electron chi connectivity index (χ1n) is 3.33. The predicted molar refractivity (Wildman–Crippen MR) is 50.9 cm³/mol. The van der Waals surface area contributed by atoms with Crippen molar-refractivity contribution >= 4 is 33.6 Å². The largest absolute Gasteiger partial charge is 0.235 e. The van der Waals surface area contributed by atoms with Crippen molar-refractivity contribution in [2.45, 2.75) is 6.54 Å².